The van der Waals surface area contributed by atoms with E-state index in [-0.39, 0.29) is 16.7 Å². The Labute approximate surface area is 170 Å². The standard InChI is InChI=1S/C23H25N3O3/c1-2-29-22-12-4-3-8-19(22)17-25-15-7-14-24-13-6-11-21(24)23(25)18-9-5-10-20(16-18)26(27)28/h3-6,8-13,16,23H,2,7,14-15,17H2,1H3. The van der Waals surface area contributed by atoms with Crippen LogP contribution in [-0.4, -0.2) is 27.5 Å². The number of nitro groups is 1. The number of non-ortho nitro benzene ring substituents is 1. The molecule has 0 spiro atoms. The fourth-order valence-electron chi connectivity index (χ4n) is 4.15. The Bertz CT molecular complexity index is 998. The SMILES string of the molecule is CCOc1ccccc1CN1CCCn2cccc2C1c1cccc([N+](=O)[O-])c1. The molecule has 6 nitrogen and oxygen atoms in total. The lowest BCUT2D eigenvalue weighted by molar-refractivity contribution is -0.384. The zero-order valence-electron chi connectivity index (χ0n) is 16.5. The molecule has 0 amide bonds. The van der Waals surface area contributed by atoms with Gasteiger partial charge in [-0.25, -0.2) is 0 Å². The lowest BCUT2D eigenvalue weighted by atomic mass is 10.00. The van der Waals surface area contributed by atoms with E-state index in [4.69, 9.17) is 4.74 Å². The number of rotatable bonds is 6. The van der Waals surface area contributed by atoms with Gasteiger partial charge in [-0.2, -0.15) is 0 Å². The van der Waals surface area contributed by atoms with Gasteiger partial charge in [0, 0.05) is 49.2 Å². The molecular weight excluding hydrogens is 366 g/mol. The van der Waals surface area contributed by atoms with Gasteiger partial charge in [0.15, 0.2) is 0 Å². The Morgan fingerprint density at radius 3 is 2.79 bits per heavy atom. The lowest BCUT2D eigenvalue weighted by Crippen LogP contribution is -2.29. The van der Waals surface area contributed by atoms with Gasteiger partial charge >= 0.3 is 0 Å². The smallest absolute Gasteiger partial charge is 0.269 e. The predicted octanol–water partition coefficient (Wildman–Crippen LogP) is 4.79. The van der Waals surface area contributed by atoms with Crippen molar-refractivity contribution in [2.75, 3.05) is 13.2 Å². The van der Waals surface area contributed by atoms with E-state index in [0.717, 1.165) is 42.1 Å². The normalized spacial score (nSPS) is 16.8. The van der Waals surface area contributed by atoms with Crippen molar-refractivity contribution in [3.63, 3.8) is 0 Å². The maximum atomic E-state index is 11.4. The maximum Gasteiger partial charge on any atom is 0.269 e. The van der Waals surface area contributed by atoms with Crippen LogP contribution in [0.1, 0.15) is 36.2 Å². The van der Waals surface area contributed by atoms with E-state index < -0.39 is 0 Å². The summed E-state index contributed by atoms with van der Waals surface area (Å²) in [5, 5.41) is 11.4. The number of fused-ring (bicyclic) bond motifs is 1. The largest absolute Gasteiger partial charge is 0.494 e. The second-order valence-electron chi connectivity index (χ2n) is 7.25. The minimum Gasteiger partial charge on any atom is -0.494 e. The van der Waals surface area contributed by atoms with Crippen LogP contribution >= 0.6 is 0 Å². The molecule has 1 aromatic heterocycles. The summed E-state index contributed by atoms with van der Waals surface area (Å²) in [5.41, 5.74) is 3.36. The molecule has 1 aliphatic rings. The average Bonchev–Trinajstić information content (AvgIpc) is 3.11. The summed E-state index contributed by atoms with van der Waals surface area (Å²) >= 11 is 0. The van der Waals surface area contributed by atoms with Gasteiger partial charge in [0.25, 0.3) is 5.69 Å². The monoisotopic (exact) mass is 391 g/mol. The molecule has 0 radical (unpaired) electrons. The molecule has 4 rings (SSSR count). The number of hydrogen-bond donors (Lipinski definition) is 0. The molecule has 1 unspecified atom stereocenters. The van der Waals surface area contributed by atoms with Crippen molar-refractivity contribution in [1.82, 2.24) is 9.47 Å². The second-order valence-corrected chi connectivity index (χ2v) is 7.25. The van der Waals surface area contributed by atoms with Crippen LogP contribution in [0.3, 0.4) is 0 Å². The Balaban J connectivity index is 1.76. The molecule has 0 saturated carbocycles. The van der Waals surface area contributed by atoms with E-state index in [1.807, 2.05) is 31.2 Å². The minimum atomic E-state index is -0.325. The molecule has 0 aliphatic carbocycles. The number of para-hydroxylation sites is 1. The molecule has 0 saturated heterocycles. The molecule has 2 heterocycles. The zero-order valence-corrected chi connectivity index (χ0v) is 16.5. The molecular formula is C23H25N3O3. The topological polar surface area (TPSA) is 60.5 Å². The first-order valence-electron chi connectivity index (χ1n) is 10.0. The summed E-state index contributed by atoms with van der Waals surface area (Å²) in [6, 6.07) is 19.3. The highest BCUT2D eigenvalue weighted by molar-refractivity contribution is 5.40. The number of aryl methyl sites for hydroxylation is 1. The number of ether oxygens (including phenoxy) is 1. The summed E-state index contributed by atoms with van der Waals surface area (Å²) in [6.07, 6.45) is 3.11. The molecule has 150 valence electrons. The first-order chi connectivity index (χ1) is 14.2. The molecule has 2 aromatic carbocycles. The predicted molar refractivity (Wildman–Crippen MR) is 112 cm³/mol. The Hall–Kier alpha value is -3.12. The van der Waals surface area contributed by atoms with Crippen LogP contribution in [0.4, 0.5) is 5.69 Å². The van der Waals surface area contributed by atoms with Gasteiger partial charge in [-0.3, -0.25) is 15.0 Å². The summed E-state index contributed by atoms with van der Waals surface area (Å²) in [5.74, 6) is 0.896. The minimum absolute atomic E-state index is 0.0536. The third kappa shape index (κ3) is 4.03. The van der Waals surface area contributed by atoms with Gasteiger partial charge in [0.2, 0.25) is 0 Å². The van der Waals surface area contributed by atoms with Crippen LogP contribution in [-0.2, 0) is 13.1 Å². The molecule has 0 bridgehead atoms. The van der Waals surface area contributed by atoms with Crippen LogP contribution in [0.5, 0.6) is 5.75 Å². The van der Waals surface area contributed by atoms with Gasteiger partial charge in [-0.1, -0.05) is 30.3 Å². The molecule has 0 fully saturated rings. The number of aromatic nitrogens is 1. The van der Waals surface area contributed by atoms with Gasteiger partial charge in [-0.15, -0.1) is 0 Å². The zero-order chi connectivity index (χ0) is 20.2. The molecule has 3 aromatic rings. The quantitative estimate of drug-likeness (QED) is 0.448. The van der Waals surface area contributed by atoms with Crippen LogP contribution < -0.4 is 4.74 Å². The Morgan fingerprint density at radius 2 is 1.97 bits per heavy atom. The van der Waals surface area contributed by atoms with E-state index in [1.54, 1.807) is 18.2 Å². The molecule has 29 heavy (non-hydrogen) atoms. The number of nitrogens with zero attached hydrogens (tertiary/aromatic N) is 3. The van der Waals surface area contributed by atoms with Crippen molar-refractivity contribution in [1.29, 1.82) is 0 Å². The summed E-state index contributed by atoms with van der Waals surface area (Å²) in [4.78, 5) is 13.4. The lowest BCUT2D eigenvalue weighted by Gasteiger charge is -2.31. The van der Waals surface area contributed by atoms with Crippen LogP contribution in [0.2, 0.25) is 0 Å². The van der Waals surface area contributed by atoms with Gasteiger partial charge in [-0.05, 0) is 37.1 Å². The van der Waals surface area contributed by atoms with Crippen LogP contribution in [0.15, 0.2) is 66.9 Å². The van der Waals surface area contributed by atoms with Gasteiger partial charge < -0.3 is 9.30 Å². The third-order valence-corrected chi connectivity index (χ3v) is 5.40. The summed E-state index contributed by atoms with van der Waals surface area (Å²) < 4.78 is 8.10. The highest BCUT2D eigenvalue weighted by Gasteiger charge is 2.29. The first kappa shape index (κ1) is 19.2. The molecule has 0 N–H and O–H groups in total. The summed E-state index contributed by atoms with van der Waals surface area (Å²) in [7, 11) is 0. The van der Waals surface area contributed by atoms with Crippen molar-refractivity contribution >= 4 is 5.69 Å². The van der Waals surface area contributed by atoms with E-state index in [9.17, 15) is 10.1 Å². The van der Waals surface area contributed by atoms with Crippen LogP contribution in [0, 0.1) is 10.1 Å². The highest BCUT2D eigenvalue weighted by atomic mass is 16.6. The second kappa shape index (κ2) is 8.49. The van der Waals surface area contributed by atoms with Crippen molar-refractivity contribution in [3.05, 3.63) is 93.8 Å². The number of nitro benzene ring substituents is 1. The van der Waals surface area contributed by atoms with E-state index in [0.29, 0.717) is 13.2 Å². The van der Waals surface area contributed by atoms with Crippen molar-refractivity contribution in [3.8, 4) is 5.75 Å². The average molecular weight is 391 g/mol. The van der Waals surface area contributed by atoms with Gasteiger partial charge in [0.05, 0.1) is 17.6 Å². The summed E-state index contributed by atoms with van der Waals surface area (Å²) in [6.45, 7) is 5.16. The molecule has 1 atom stereocenters. The van der Waals surface area contributed by atoms with Crippen molar-refractivity contribution < 1.29 is 9.66 Å². The van der Waals surface area contributed by atoms with Gasteiger partial charge in [0.1, 0.15) is 5.75 Å². The number of hydrogen-bond acceptors (Lipinski definition) is 4. The molecule has 1 aliphatic heterocycles. The fourth-order valence-corrected chi connectivity index (χ4v) is 4.15. The fraction of sp³-hybridized carbons (Fsp3) is 0.304. The third-order valence-electron chi connectivity index (χ3n) is 5.40. The maximum absolute atomic E-state index is 11.4. The Kier molecular flexibility index (Phi) is 5.62. The Morgan fingerprint density at radius 1 is 1.10 bits per heavy atom. The van der Waals surface area contributed by atoms with E-state index in [1.165, 1.54) is 0 Å². The van der Waals surface area contributed by atoms with Crippen molar-refractivity contribution in [2.24, 2.45) is 0 Å². The number of benzene rings is 2. The van der Waals surface area contributed by atoms with E-state index in [2.05, 4.69) is 33.9 Å². The van der Waals surface area contributed by atoms with E-state index >= 15 is 0 Å². The molecule has 6 heteroatoms. The first-order valence-corrected chi connectivity index (χ1v) is 10.0. The van der Waals surface area contributed by atoms with Crippen molar-refractivity contribution in [2.45, 2.75) is 32.5 Å². The highest BCUT2D eigenvalue weighted by Crippen LogP contribution is 2.35. The van der Waals surface area contributed by atoms with Crippen LogP contribution in [0.25, 0.3) is 0 Å².